The molecule has 0 aliphatic heterocycles. The molecule has 0 aliphatic carbocycles. The van der Waals surface area contributed by atoms with Crippen LogP contribution in [0.4, 0.5) is 9.93 Å². The highest BCUT2D eigenvalue weighted by atomic mass is 32.1. The third kappa shape index (κ3) is 4.97. The number of rotatable bonds is 4. The van der Waals surface area contributed by atoms with Gasteiger partial charge in [-0.15, -0.1) is 10.2 Å². The molecule has 18 heavy (non-hydrogen) atoms. The molecule has 0 bridgehead atoms. The molecule has 7 heteroatoms. The number of nitrogens with zero attached hydrogens (tertiary/aromatic N) is 2. The van der Waals surface area contributed by atoms with Crippen LogP contribution in [0.3, 0.4) is 0 Å². The van der Waals surface area contributed by atoms with Crippen LogP contribution >= 0.6 is 11.3 Å². The fourth-order valence-corrected chi connectivity index (χ4v) is 1.91. The molecule has 0 aromatic carbocycles. The molecule has 1 aromatic heterocycles. The van der Waals surface area contributed by atoms with Crippen molar-refractivity contribution < 1.29 is 9.90 Å². The maximum absolute atomic E-state index is 11.5. The molecule has 0 radical (unpaired) electrons. The summed E-state index contributed by atoms with van der Waals surface area (Å²) in [6.07, 6.45) is 0.107. The van der Waals surface area contributed by atoms with E-state index in [1.807, 2.05) is 20.8 Å². The smallest absolute Gasteiger partial charge is 0.321 e. The molecule has 0 spiro atoms. The number of aromatic nitrogens is 2. The Bertz CT molecular complexity index is 398. The third-order valence-corrected chi connectivity index (χ3v) is 3.40. The zero-order valence-corrected chi connectivity index (χ0v) is 12.0. The molecule has 1 aromatic rings. The first kappa shape index (κ1) is 14.8. The molecule has 1 atom stereocenters. The van der Waals surface area contributed by atoms with Gasteiger partial charge in [0.05, 0.1) is 6.10 Å². The SMILES string of the molecule is CC(O)CCNC(=O)Nc1nnc(C(C)(C)C)s1. The summed E-state index contributed by atoms with van der Waals surface area (Å²) >= 11 is 1.36. The average molecular weight is 272 g/mol. The first-order valence-corrected chi connectivity index (χ1v) is 6.67. The van der Waals surface area contributed by atoms with E-state index in [0.29, 0.717) is 18.1 Å². The molecule has 1 unspecified atom stereocenters. The summed E-state index contributed by atoms with van der Waals surface area (Å²) in [7, 11) is 0. The van der Waals surface area contributed by atoms with Crippen LogP contribution < -0.4 is 10.6 Å². The van der Waals surface area contributed by atoms with Crippen LogP contribution in [-0.2, 0) is 5.41 Å². The molecule has 0 fully saturated rings. The first-order chi connectivity index (χ1) is 8.29. The second-order valence-corrected chi connectivity index (χ2v) is 6.16. The van der Waals surface area contributed by atoms with Gasteiger partial charge in [-0.1, -0.05) is 32.1 Å². The largest absolute Gasteiger partial charge is 0.393 e. The van der Waals surface area contributed by atoms with Crippen LogP contribution in [0.25, 0.3) is 0 Å². The zero-order chi connectivity index (χ0) is 13.8. The van der Waals surface area contributed by atoms with Crippen molar-refractivity contribution in [3.63, 3.8) is 0 Å². The van der Waals surface area contributed by atoms with Crippen LogP contribution in [-0.4, -0.2) is 34.0 Å². The minimum absolute atomic E-state index is 0.0691. The average Bonchev–Trinajstić information content (AvgIpc) is 2.64. The van der Waals surface area contributed by atoms with E-state index in [9.17, 15) is 4.79 Å². The molecule has 1 rings (SSSR count). The number of urea groups is 1. The normalized spacial score (nSPS) is 13.2. The van der Waals surface area contributed by atoms with Crippen LogP contribution in [0, 0.1) is 0 Å². The maximum atomic E-state index is 11.5. The van der Waals surface area contributed by atoms with Crippen LogP contribution in [0.5, 0.6) is 0 Å². The van der Waals surface area contributed by atoms with Gasteiger partial charge in [-0.25, -0.2) is 4.79 Å². The van der Waals surface area contributed by atoms with E-state index < -0.39 is 6.10 Å². The van der Waals surface area contributed by atoms with Crippen molar-refractivity contribution in [3.8, 4) is 0 Å². The second kappa shape index (κ2) is 6.10. The van der Waals surface area contributed by atoms with Gasteiger partial charge in [0.15, 0.2) is 0 Å². The van der Waals surface area contributed by atoms with Crippen molar-refractivity contribution in [2.24, 2.45) is 0 Å². The van der Waals surface area contributed by atoms with Crippen LogP contribution in [0.1, 0.15) is 39.1 Å². The fraction of sp³-hybridized carbons (Fsp3) is 0.727. The summed E-state index contributed by atoms with van der Waals surface area (Å²) in [6.45, 7) is 8.23. The zero-order valence-electron chi connectivity index (χ0n) is 11.1. The highest BCUT2D eigenvalue weighted by Crippen LogP contribution is 2.27. The van der Waals surface area contributed by atoms with Crippen LogP contribution in [0.2, 0.25) is 0 Å². The Balaban J connectivity index is 2.43. The van der Waals surface area contributed by atoms with Gasteiger partial charge < -0.3 is 10.4 Å². The Kier molecular flexibility index (Phi) is 5.03. The molecular weight excluding hydrogens is 252 g/mol. The quantitative estimate of drug-likeness (QED) is 0.779. The summed E-state index contributed by atoms with van der Waals surface area (Å²) in [5.74, 6) is 0. The Morgan fingerprint density at radius 1 is 1.44 bits per heavy atom. The molecule has 0 aliphatic rings. The third-order valence-electron chi connectivity index (χ3n) is 2.13. The standard InChI is InChI=1S/C11H20N4O2S/c1-7(16)5-6-12-9(17)13-10-15-14-8(18-10)11(2,3)4/h7,16H,5-6H2,1-4H3,(H2,12,13,15,17). The molecular formula is C11H20N4O2S. The lowest BCUT2D eigenvalue weighted by atomic mass is 9.98. The summed E-state index contributed by atoms with van der Waals surface area (Å²) in [4.78, 5) is 11.5. The van der Waals surface area contributed by atoms with Gasteiger partial charge in [-0.3, -0.25) is 5.32 Å². The van der Waals surface area contributed by atoms with E-state index in [0.717, 1.165) is 5.01 Å². The Morgan fingerprint density at radius 3 is 2.61 bits per heavy atom. The van der Waals surface area contributed by atoms with Crippen LogP contribution in [0.15, 0.2) is 0 Å². The number of carbonyl (C=O) groups excluding carboxylic acids is 1. The van der Waals surface area contributed by atoms with Crippen molar-refractivity contribution >= 4 is 22.5 Å². The van der Waals surface area contributed by atoms with Gasteiger partial charge >= 0.3 is 6.03 Å². The van der Waals surface area contributed by atoms with Crippen molar-refractivity contribution in [2.45, 2.75) is 45.6 Å². The predicted molar refractivity (Wildman–Crippen MR) is 71.9 cm³/mol. The number of carbonyl (C=O) groups is 1. The summed E-state index contributed by atoms with van der Waals surface area (Å²) in [5, 5.41) is 23.6. The summed E-state index contributed by atoms with van der Waals surface area (Å²) < 4.78 is 0. The van der Waals surface area contributed by atoms with E-state index in [4.69, 9.17) is 5.11 Å². The number of hydrogen-bond donors (Lipinski definition) is 3. The van der Waals surface area contributed by atoms with Gasteiger partial charge in [-0.05, 0) is 13.3 Å². The molecule has 2 amide bonds. The molecule has 102 valence electrons. The Morgan fingerprint density at radius 2 is 2.11 bits per heavy atom. The van der Waals surface area contributed by atoms with E-state index in [1.165, 1.54) is 11.3 Å². The monoisotopic (exact) mass is 272 g/mol. The molecule has 0 saturated heterocycles. The Hall–Kier alpha value is -1.21. The van der Waals surface area contributed by atoms with E-state index >= 15 is 0 Å². The number of anilines is 1. The molecule has 0 saturated carbocycles. The highest BCUT2D eigenvalue weighted by Gasteiger charge is 2.19. The van der Waals surface area contributed by atoms with E-state index in [2.05, 4.69) is 20.8 Å². The number of aliphatic hydroxyl groups excluding tert-OH is 1. The van der Waals surface area contributed by atoms with Crippen molar-refractivity contribution in [1.29, 1.82) is 0 Å². The summed E-state index contributed by atoms with van der Waals surface area (Å²) in [5.41, 5.74) is -0.0691. The number of hydrogen-bond acceptors (Lipinski definition) is 5. The lowest BCUT2D eigenvalue weighted by molar-refractivity contribution is 0.184. The number of amides is 2. The second-order valence-electron chi connectivity index (χ2n) is 5.18. The van der Waals surface area contributed by atoms with Gasteiger partial charge in [0.2, 0.25) is 5.13 Å². The first-order valence-electron chi connectivity index (χ1n) is 5.86. The van der Waals surface area contributed by atoms with Gasteiger partial charge in [0.25, 0.3) is 0 Å². The van der Waals surface area contributed by atoms with Crippen molar-refractivity contribution in [1.82, 2.24) is 15.5 Å². The lowest BCUT2D eigenvalue weighted by Gasteiger charge is -2.12. The lowest BCUT2D eigenvalue weighted by Crippen LogP contribution is -2.30. The molecule has 1 heterocycles. The topological polar surface area (TPSA) is 87.1 Å². The maximum Gasteiger partial charge on any atom is 0.321 e. The van der Waals surface area contributed by atoms with Crippen molar-refractivity contribution in [2.75, 3.05) is 11.9 Å². The molecule has 6 nitrogen and oxygen atoms in total. The van der Waals surface area contributed by atoms with Gasteiger partial charge in [-0.2, -0.15) is 0 Å². The van der Waals surface area contributed by atoms with Gasteiger partial charge in [0.1, 0.15) is 5.01 Å². The minimum Gasteiger partial charge on any atom is -0.393 e. The van der Waals surface area contributed by atoms with Gasteiger partial charge in [0, 0.05) is 12.0 Å². The minimum atomic E-state index is -0.417. The number of nitrogens with one attached hydrogen (secondary N) is 2. The Labute approximate surface area is 111 Å². The molecule has 3 N–H and O–H groups in total. The number of aliphatic hydroxyl groups is 1. The predicted octanol–water partition coefficient (Wildman–Crippen LogP) is 1.73. The van der Waals surface area contributed by atoms with E-state index in [-0.39, 0.29) is 11.4 Å². The van der Waals surface area contributed by atoms with E-state index in [1.54, 1.807) is 6.92 Å². The fourth-order valence-electron chi connectivity index (χ4n) is 1.11. The summed E-state index contributed by atoms with van der Waals surface area (Å²) in [6, 6.07) is -0.327. The van der Waals surface area contributed by atoms with Crippen molar-refractivity contribution in [3.05, 3.63) is 5.01 Å². The highest BCUT2D eigenvalue weighted by molar-refractivity contribution is 7.15.